The van der Waals surface area contributed by atoms with Crippen LogP contribution in [0.5, 0.6) is 0 Å². The van der Waals surface area contributed by atoms with Crippen molar-refractivity contribution in [3.63, 3.8) is 0 Å². The maximum absolute atomic E-state index is 12.9. The predicted molar refractivity (Wildman–Crippen MR) is 97.9 cm³/mol. The lowest BCUT2D eigenvalue weighted by molar-refractivity contribution is 0.0532. The number of aromatic amines is 1. The van der Waals surface area contributed by atoms with Gasteiger partial charge in [0.2, 0.25) is 0 Å². The van der Waals surface area contributed by atoms with Gasteiger partial charge < -0.3 is 14.8 Å². The lowest BCUT2D eigenvalue weighted by Gasteiger charge is -2.35. The summed E-state index contributed by atoms with van der Waals surface area (Å²) in [5.74, 6) is 0.449. The molecule has 1 N–H and O–H groups in total. The van der Waals surface area contributed by atoms with Crippen molar-refractivity contribution >= 4 is 11.8 Å². The van der Waals surface area contributed by atoms with Gasteiger partial charge >= 0.3 is 0 Å². The van der Waals surface area contributed by atoms with Crippen LogP contribution in [0, 0.1) is 6.92 Å². The van der Waals surface area contributed by atoms with E-state index in [0.717, 1.165) is 11.1 Å². The van der Waals surface area contributed by atoms with Crippen molar-refractivity contribution < 1.29 is 9.59 Å². The second kappa shape index (κ2) is 7.13. The van der Waals surface area contributed by atoms with Gasteiger partial charge in [-0.1, -0.05) is 26.0 Å². The maximum atomic E-state index is 12.9. The number of hydrogen-bond acceptors (Lipinski definition) is 2. The van der Waals surface area contributed by atoms with Crippen molar-refractivity contribution in [1.29, 1.82) is 0 Å². The number of amides is 2. The number of aryl methyl sites for hydroxylation is 1. The van der Waals surface area contributed by atoms with E-state index in [2.05, 4.69) is 24.9 Å². The van der Waals surface area contributed by atoms with Crippen LogP contribution in [0.3, 0.4) is 0 Å². The molecule has 0 aliphatic carbocycles. The normalized spacial score (nSPS) is 14.9. The molecule has 2 aromatic rings. The third-order valence-electron chi connectivity index (χ3n) is 4.84. The first-order valence-electron chi connectivity index (χ1n) is 8.80. The Morgan fingerprint density at radius 1 is 1.00 bits per heavy atom. The molecule has 5 nitrogen and oxygen atoms in total. The number of aromatic nitrogens is 1. The molecule has 2 amide bonds. The highest BCUT2D eigenvalue weighted by molar-refractivity contribution is 5.96. The number of rotatable bonds is 3. The SMILES string of the molecule is Cc1ccc(C(C)C)cc1C(=O)N1CCN(C(=O)c2ccc[nH]2)CC1. The summed E-state index contributed by atoms with van der Waals surface area (Å²) in [6.07, 6.45) is 1.75. The molecule has 2 heterocycles. The number of piperazine rings is 1. The lowest BCUT2D eigenvalue weighted by Crippen LogP contribution is -2.50. The highest BCUT2D eigenvalue weighted by atomic mass is 16.2. The Morgan fingerprint density at radius 3 is 2.20 bits per heavy atom. The van der Waals surface area contributed by atoms with Gasteiger partial charge in [-0.05, 0) is 42.2 Å². The summed E-state index contributed by atoms with van der Waals surface area (Å²) in [6, 6.07) is 9.72. The second-order valence-electron chi connectivity index (χ2n) is 6.90. The van der Waals surface area contributed by atoms with Crippen molar-refractivity contribution in [1.82, 2.24) is 14.8 Å². The van der Waals surface area contributed by atoms with Crippen molar-refractivity contribution in [2.24, 2.45) is 0 Å². The van der Waals surface area contributed by atoms with Crippen LogP contribution >= 0.6 is 0 Å². The highest BCUT2D eigenvalue weighted by Crippen LogP contribution is 2.20. The minimum absolute atomic E-state index is 0.00455. The summed E-state index contributed by atoms with van der Waals surface area (Å²) in [6.45, 7) is 8.49. The van der Waals surface area contributed by atoms with E-state index in [1.807, 2.05) is 30.0 Å². The molecule has 0 unspecified atom stereocenters. The average molecular weight is 339 g/mol. The molecule has 0 spiro atoms. The van der Waals surface area contributed by atoms with Crippen LogP contribution in [0.2, 0.25) is 0 Å². The Morgan fingerprint density at radius 2 is 1.64 bits per heavy atom. The van der Waals surface area contributed by atoms with Gasteiger partial charge in [-0.3, -0.25) is 9.59 Å². The number of carbonyl (C=O) groups excluding carboxylic acids is 2. The number of nitrogens with one attached hydrogen (secondary N) is 1. The zero-order valence-corrected chi connectivity index (χ0v) is 15.1. The zero-order chi connectivity index (χ0) is 18.0. The number of carbonyl (C=O) groups is 2. The van der Waals surface area contributed by atoms with Crippen LogP contribution in [0.15, 0.2) is 36.5 Å². The lowest BCUT2D eigenvalue weighted by atomic mass is 9.97. The molecule has 1 aliphatic heterocycles. The van der Waals surface area contributed by atoms with Crippen LogP contribution in [0.1, 0.15) is 51.7 Å². The monoisotopic (exact) mass is 339 g/mol. The molecule has 3 rings (SSSR count). The highest BCUT2D eigenvalue weighted by Gasteiger charge is 2.26. The van der Waals surface area contributed by atoms with Gasteiger partial charge in [0, 0.05) is 37.9 Å². The van der Waals surface area contributed by atoms with E-state index in [1.165, 1.54) is 5.56 Å². The van der Waals surface area contributed by atoms with Crippen LogP contribution in [0.4, 0.5) is 0 Å². The van der Waals surface area contributed by atoms with Crippen LogP contribution < -0.4 is 0 Å². The van der Waals surface area contributed by atoms with Gasteiger partial charge in [0.1, 0.15) is 5.69 Å². The second-order valence-corrected chi connectivity index (χ2v) is 6.90. The number of H-pyrrole nitrogens is 1. The fourth-order valence-corrected chi connectivity index (χ4v) is 3.15. The molecule has 5 heteroatoms. The van der Waals surface area contributed by atoms with Crippen LogP contribution in [-0.2, 0) is 0 Å². The summed E-state index contributed by atoms with van der Waals surface area (Å²) in [4.78, 5) is 31.9. The predicted octanol–water partition coefficient (Wildman–Crippen LogP) is 3.04. The molecule has 1 saturated heterocycles. The van der Waals surface area contributed by atoms with Gasteiger partial charge in [0.15, 0.2) is 0 Å². The maximum Gasteiger partial charge on any atom is 0.270 e. The van der Waals surface area contributed by atoms with Crippen molar-refractivity contribution in [3.8, 4) is 0 Å². The molecule has 1 aromatic heterocycles. The molecule has 1 aliphatic rings. The molecule has 132 valence electrons. The minimum Gasteiger partial charge on any atom is -0.357 e. The third-order valence-corrected chi connectivity index (χ3v) is 4.84. The molecule has 0 atom stereocenters. The van der Waals surface area contributed by atoms with E-state index in [9.17, 15) is 9.59 Å². The van der Waals surface area contributed by atoms with Crippen molar-refractivity contribution in [2.75, 3.05) is 26.2 Å². The largest absolute Gasteiger partial charge is 0.357 e. The fourth-order valence-electron chi connectivity index (χ4n) is 3.15. The van der Waals surface area contributed by atoms with Gasteiger partial charge in [-0.25, -0.2) is 0 Å². The molecule has 0 saturated carbocycles. The van der Waals surface area contributed by atoms with Crippen molar-refractivity contribution in [3.05, 3.63) is 58.9 Å². The molecule has 1 fully saturated rings. The minimum atomic E-state index is -0.00455. The number of benzene rings is 1. The van der Waals surface area contributed by atoms with E-state index in [1.54, 1.807) is 17.2 Å². The smallest absolute Gasteiger partial charge is 0.270 e. The quantitative estimate of drug-likeness (QED) is 0.934. The van der Waals surface area contributed by atoms with Crippen LogP contribution in [0.25, 0.3) is 0 Å². The van der Waals surface area contributed by atoms with E-state index in [0.29, 0.717) is 37.8 Å². The first-order valence-corrected chi connectivity index (χ1v) is 8.80. The van der Waals surface area contributed by atoms with E-state index >= 15 is 0 Å². The van der Waals surface area contributed by atoms with Crippen molar-refractivity contribution in [2.45, 2.75) is 26.7 Å². The fraction of sp³-hybridized carbons (Fsp3) is 0.400. The summed E-state index contributed by atoms with van der Waals surface area (Å²) >= 11 is 0. The summed E-state index contributed by atoms with van der Waals surface area (Å²) in [7, 11) is 0. The first kappa shape index (κ1) is 17.3. The molecular formula is C20H25N3O2. The Balaban J connectivity index is 1.68. The summed E-state index contributed by atoms with van der Waals surface area (Å²) < 4.78 is 0. The topological polar surface area (TPSA) is 56.4 Å². The molecule has 25 heavy (non-hydrogen) atoms. The third kappa shape index (κ3) is 3.60. The van der Waals surface area contributed by atoms with E-state index in [-0.39, 0.29) is 11.8 Å². The van der Waals surface area contributed by atoms with E-state index in [4.69, 9.17) is 0 Å². The Kier molecular flexibility index (Phi) is 4.93. The summed E-state index contributed by atoms with van der Waals surface area (Å²) in [5.41, 5.74) is 3.55. The van der Waals surface area contributed by atoms with Gasteiger partial charge in [-0.15, -0.1) is 0 Å². The average Bonchev–Trinajstić information content (AvgIpc) is 3.15. The van der Waals surface area contributed by atoms with Gasteiger partial charge in [0.25, 0.3) is 11.8 Å². The number of hydrogen-bond donors (Lipinski definition) is 1. The molecular weight excluding hydrogens is 314 g/mol. The Labute approximate surface area is 148 Å². The van der Waals surface area contributed by atoms with Gasteiger partial charge in [-0.2, -0.15) is 0 Å². The molecule has 0 radical (unpaired) electrons. The molecule has 1 aromatic carbocycles. The van der Waals surface area contributed by atoms with E-state index < -0.39 is 0 Å². The van der Waals surface area contributed by atoms with Gasteiger partial charge in [0.05, 0.1) is 0 Å². The standard InChI is InChI=1S/C20H25N3O2/c1-14(2)16-7-6-15(3)17(13-16)19(24)22-9-11-23(12-10-22)20(25)18-5-4-8-21-18/h4-8,13-14,21H,9-12H2,1-3H3. The number of nitrogens with zero attached hydrogens (tertiary/aromatic N) is 2. The Bertz CT molecular complexity index is 757. The first-order chi connectivity index (χ1) is 12.0. The Hall–Kier alpha value is -2.56. The molecule has 0 bridgehead atoms. The van der Waals surface area contributed by atoms with Crippen LogP contribution in [-0.4, -0.2) is 52.8 Å². The zero-order valence-electron chi connectivity index (χ0n) is 15.1. The summed E-state index contributed by atoms with van der Waals surface area (Å²) in [5, 5.41) is 0.